The number of oxazole rings is 1. The fourth-order valence-electron chi connectivity index (χ4n) is 6.89. The van der Waals surface area contributed by atoms with E-state index < -0.39 is 11.7 Å². The van der Waals surface area contributed by atoms with Crippen LogP contribution in [-0.2, 0) is 12.1 Å². The maximum atomic E-state index is 11.9. The van der Waals surface area contributed by atoms with Gasteiger partial charge < -0.3 is 30.0 Å². The van der Waals surface area contributed by atoms with Gasteiger partial charge in [-0.15, -0.1) is 0 Å². The third-order valence-corrected chi connectivity index (χ3v) is 9.46. The molecule has 0 saturated heterocycles. The van der Waals surface area contributed by atoms with E-state index in [1.807, 2.05) is 30.3 Å². The minimum atomic E-state index is -1.18. The van der Waals surface area contributed by atoms with Crippen LogP contribution in [0.2, 0.25) is 0 Å². The predicted molar refractivity (Wildman–Crippen MR) is 181 cm³/mol. The van der Waals surface area contributed by atoms with E-state index in [1.54, 1.807) is 18.3 Å². The van der Waals surface area contributed by atoms with E-state index in [1.165, 1.54) is 37.8 Å². The summed E-state index contributed by atoms with van der Waals surface area (Å²) in [6, 6.07) is 16.1. The second-order valence-corrected chi connectivity index (χ2v) is 13.0. The first kappa shape index (κ1) is 33.9. The molecule has 248 valence electrons. The number of unbranched alkanes of at least 4 members (excludes halogenated alkanes) is 6. The van der Waals surface area contributed by atoms with Gasteiger partial charge in [0, 0.05) is 23.9 Å². The number of H-pyrrole nitrogens is 1. The van der Waals surface area contributed by atoms with Crippen molar-refractivity contribution in [2.45, 2.75) is 88.9 Å². The van der Waals surface area contributed by atoms with Gasteiger partial charge in [-0.3, -0.25) is 9.69 Å². The van der Waals surface area contributed by atoms with Crippen LogP contribution in [0.1, 0.15) is 99.5 Å². The van der Waals surface area contributed by atoms with E-state index >= 15 is 0 Å². The number of pyridine rings is 1. The van der Waals surface area contributed by atoms with Crippen LogP contribution in [-0.4, -0.2) is 56.9 Å². The Hall–Kier alpha value is -3.50. The number of hydrogen-bond acceptors (Lipinski definition) is 8. The molecule has 0 amide bonds. The van der Waals surface area contributed by atoms with Crippen molar-refractivity contribution in [2.24, 2.45) is 5.92 Å². The number of benzene rings is 2. The van der Waals surface area contributed by atoms with Crippen molar-refractivity contribution < 1.29 is 19.7 Å². The Balaban J connectivity index is 0.939. The van der Waals surface area contributed by atoms with Gasteiger partial charge in [0.25, 0.3) is 0 Å². The van der Waals surface area contributed by atoms with Gasteiger partial charge in [-0.1, -0.05) is 81.3 Å². The number of nitrogens with zero attached hydrogens (tertiary/aromatic N) is 2. The minimum Gasteiger partial charge on any atom is -0.506 e. The monoisotopic (exact) mass is 630 g/mol. The van der Waals surface area contributed by atoms with Gasteiger partial charge in [-0.05, 0) is 69.1 Å². The summed E-state index contributed by atoms with van der Waals surface area (Å²) in [6.45, 7) is 2.91. The number of aliphatic hydroxyl groups is 2. The fourth-order valence-corrected chi connectivity index (χ4v) is 6.89. The lowest BCUT2D eigenvalue weighted by atomic mass is 9.80. The number of fused-ring (bicyclic) bond motifs is 1. The maximum absolute atomic E-state index is 11.9. The lowest BCUT2D eigenvalue weighted by Gasteiger charge is -2.31. The molecule has 1 aliphatic carbocycles. The van der Waals surface area contributed by atoms with E-state index in [9.17, 15) is 20.1 Å². The van der Waals surface area contributed by atoms with E-state index in [-0.39, 0.29) is 17.2 Å². The molecule has 0 spiro atoms. The predicted octanol–water partition coefficient (Wildman–Crippen LogP) is 6.13. The largest absolute Gasteiger partial charge is 0.506 e. The summed E-state index contributed by atoms with van der Waals surface area (Å²) >= 11 is 0. The highest BCUT2D eigenvalue weighted by atomic mass is 16.4. The number of nitrogens with one attached hydrogen (secondary N) is 2. The van der Waals surface area contributed by atoms with Crippen molar-refractivity contribution in [1.82, 2.24) is 20.2 Å². The van der Waals surface area contributed by atoms with E-state index in [0.29, 0.717) is 35.4 Å². The molecule has 4 aromatic rings. The van der Waals surface area contributed by atoms with Gasteiger partial charge in [-0.2, -0.15) is 0 Å². The summed E-state index contributed by atoms with van der Waals surface area (Å²) in [4.78, 5) is 21.1. The molecule has 9 nitrogen and oxygen atoms in total. The summed E-state index contributed by atoms with van der Waals surface area (Å²) in [5, 5.41) is 36.6. The number of aromatic nitrogens is 2. The molecule has 2 aromatic heterocycles. The summed E-state index contributed by atoms with van der Waals surface area (Å²) in [7, 11) is 2.11. The Labute approximate surface area is 271 Å². The lowest BCUT2D eigenvalue weighted by molar-refractivity contribution is -0.00726. The van der Waals surface area contributed by atoms with Crippen LogP contribution in [0.3, 0.4) is 0 Å². The molecule has 2 heterocycles. The average Bonchev–Trinajstić information content (AvgIpc) is 3.78. The third kappa shape index (κ3) is 8.45. The number of hydrogen-bond donors (Lipinski definition) is 5. The summed E-state index contributed by atoms with van der Waals surface area (Å²) in [5.74, 6) is 1.33. The average molecular weight is 631 g/mol. The minimum absolute atomic E-state index is 0.00287. The Bertz CT molecular complexity index is 1570. The summed E-state index contributed by atoms with van der Waals surface area (Å²) in [6.07, 6.45) is 13.4. The van der Waals surface area contributed by atoms with Gasteiger partial charge >= 0.3 is 0 Å². The molecule has 2 aromatic carbocycles. The molecule has 5 N–H and O–H groups in total. The van der Waals surface area contributed by atoms with Crippen molar-refractivity contribution in [2.75, 3.05) is 26.7 Å². The van der Waals surface area contributed by atoms with E-state index in [2.05, 4.69) is 27.2 Å². The number of rotatable bonds is 18. The third-order valence-electron chi connectivity index (χ3n) is 9.46. The molecule has 0 aliphatic heterocycles. The number of aromatic amines is 1. The standard InChI is InChI=1S/C37H50N4O5/c1-41(26-29-24-39-36(46-29)37(45,28-16-10-11-17-28)27-14-8-7-9-15-27)23-13-6-4-2-3-5-12-22-38-25-33(43)30-18-20-32(42)35-31(30)19-21-34(44)40-35/h7-9,14-15,18-21,24,28,33,38,42-43,45H,2-6,10-13,16-17,22-23,25-26H2,1H3,(H,40,44). The van der Waals surface area contributed by atoms with Crippen LogP contribution in [0.4, 0.5) is 0 Å². The van der Waals surface area contributed by atoms with Gasteiger partial charge in [0.05, 0.1) is 24.4 Å². The zero-order valence-corrected chi connectivity index (χ0v) is 27.1. The molecule has 1 fully saturated rings. The highest BCUT2D eigenvalue weighted by molar-refractivity contribution is 5.87. The lowest BCUT2D eigenvalue weighted by Crippen LogP contribution is -2.35. The molecule has 1 aliphatic rings. The first-order valence-corrected chi connectivity index (χ1v) is 17.0. The molecule has 2 atom stereocenters. The summed E-state index contributed by atoms with van der Waals surface area (Å²) < 4.78 is 6.20. The first-order valence-electron chi connectivity index (χ1n) is 17.0. The molecule has 1 saturated carbocycles. The molecule has 0 bridgehead atoms. The first-order chi connectivity index (χ1) is 22.4. The molecule has 2 unspecified atom stereocenters. The van der Waals surface area contributed by atoms with Crippen LogP contribution in [0.5, 0.6) is 5.75 Å². The van der Waals surface area contributed by atoms with E-state index in [4.69, 9.17) is 4.42 Å². The molecular formula is C37H50N4O5. The topological polar surface area (TPSA) is 135 Å². The van der Waals surface area contributed by atoms with Crippen LogP contribution >= 0.6 is 0 Å². The van der Waals surface area contributed by atoms with Gasteiger partial charge in [0.2, 0.25) is 11.4 Å². The normalized spacial score (nSPS) is 15.9. The van der Waals surface area contributed by atoms with Crippen LogP contribution < -0.4 is 10.9 Å². The number of aliphatic hydroxyl groups excluding tert-OH is 1. The highest BCUT2D eigenvalue weighted by Gasteiger charge is 2.45. The SMILES string of the molecule is CN(CCCCCCCCCNCC(O)c1ccc(O)c2[nH]c(=O)ccc12)Cc1cnc(C(O)(c2ccccc2)C2CCCC2)o1. The van der Waals surface area contributed by atoms with Crippen LogP contribution in [0.25, 0.3) is 10.9 Å². The number of aromatic hydroxyl groups is 1. The molecule has 5 rings (SSSR count). The number of phenols is 1. The van der Waals surface area contributed by atoms with Crippen molar-refractivity contribution in [1.29, 1.82) is 0 Å². The van der Waals surface area contributed by atoms with Crippen molar-refractivity contribution >= 4 is 10.9 Å². The molecule has 0 radical (unpaired) electrons. The second kappa shape index (κ2) is 16.4. The van der Waals surface area contributed by atoms with Gasteiger partial charge in [-0.25, -0.2) is 4.98 Å². The van der Waals surface area contributed by atoms with Gasteiger partial charge in [0.15, 0.2) is 5.60 Å². The van der Waals surface area contributed by atoms with Crippen LogP contribution in [0, 0.1) is 5.92 Å². The van der Waals surface area contributed by atoms with Crippen molar-refractivity contribution in [3.05, 3.63) is 93.9 Å². The molecule has 46 heavy (non-hydrogen) atoms. The van der Waals surface area contributed by atoms with Gasteiger partial charge in [0.1, 0.15) is 11.5 Å². The zero-order chi connectivity index (χ0) is 32.4. The fraction of sp³-hybridized carbons (Fsp3) is 0.514. The second-order valence-electron chi connectivity index (χ2n) is 13.0. The quantitative estimate of drug-likeness (QED) is 0.0829. The Morgan fingerprint density at radius 1 is 1.00 bits per heavy atom. The Kier molecular flexibility index (Phi) is 12.0. The molecule has 9 heteroatoms. The Morgan fingerprint density at radius 2 is 1.72 bits per heavy atom. The summed E-state index contributed by atoms with van der Waals surface area (Å²) in [5.41, 5.74) is 0.427. The zero-order valence-electron chi connectivity index (χ0n) is 27.1. The Morgan fingerprint density at radius 3 is 2.48 bits per heavy atom. The van der Waals surface area contributed by atoms with Crippen LogP contribution in [0.15, 0.2) is 70.0 Å². The maximum Gasteiger partial charge on any atom is 0.248 e. The van der Waals surface area contributed by atoms with Crippen molar-refractivity contribution in [3.8, 4) is 5.75 Å². The van der Waals surface area contributed by atoms with E-state index in [0.717, 1.165) is 69.4 Å². The van der Waals surface area contributed by atoms with Crippen molar-refractivity contribution in [3.63, 3.8) is 0 Å². The number of phenolic OH excluding ortho intramolecular Hbond substituents is 1. The molecular weight excluding hydrogens is 580 g/mol. The smallest absolute Gasteiger partial charge is 0.248 e. The highest BCUT2D eigenvalue weighted by Crippen LogP contribution is 2.44.